The number of aromatic nitrogens is 2. The van der Waals surface area contributed by atoms with E-state index in [1.807, 2.05) is 13.8 Å². The van der Waals surface area contributed by atoms with Crippen molar-refractivity contribution in [3.63, 3.8) is 0 Å². The minimum absolute atomic E-state index is 0.000190. The molecule has 9 heteroatoms. The van der Waals surface area contributed by atoms with Gasteiger partial charge < -0.3 is 14.6 Å². The van der Waals surface area contributed by atoms with E-state index in [9.17, 15) is 14.7 Å². The third-order valence-electron chi connectivity index (χ3n) is 5.10. The Morgan fingerprint density at radius 1 is 1.03 bits per heavy atom. The molecule has 1 saturated heterocycles. The predicted molar refractivity (Wildman–Crippen MR) is 125 cm³/mol. The maximum atomic E-state index is 13.1. The number of aliphatic hydroxyl groups is 1. The van der Waals surface area contributed by atoms with Crippen LogP contribution >= 0.6 is 11.3 Å². The molecule has 1 amide bonds. The number of anilines is 1. The zero-order valence-electron chi connectivity index (χ0n) is 18.6. The lowest BCUT2D eigenvalue weighted by Crippen LogP contribution is -2.29. The second-order valence-electron chi connectivity index (χ2n) is 7.74. The van der Waals surface area contributed by atoms with Crippen LogP contribution < -0.4 is 14.4 Å². The molecule has 0 bridgehead atoms. The number of Topliss-reactive ketones (excluding diaryl/α,β-unsaturated/α-hetero) is 1. The van der Waals surface area contributed by atoms with Gasteiger partial charge in [-0.05, 0) is 62.7 Å². The van der Waals surface area contributed by atoms with E-state index in [4.69, 9.17) is 9.47 Å². The van der Waals surface area contributed by atoms with E-state index in [2.05, 4.69) is 10.2 Å². The van der Waals surface area contributed by atoms with E-state index < -0.39 is 17.7 Å². The molecule has 33 heavy (non-hydrogen) atoms. The Morgan fingerprint density at radius 2 is 1.67 bits per heavy atom. The lowest BCUT2D eigenvalue weighted by Gasteiger charge is -2.22. The monoisotopic (exact) mass is 465 g/mol. The van der Waals surface area contributed by atoms with Gasteiger partial charge in [-0.1, -0.05) is 23.5 Å². The number of carbonyl (C=O) groups excluding carboxylic acids is 2. The molecule has 1 aliphatic heterocycles. The minimum Gasteiger partial charge on any atom is -0.507 e. The number of benzene rings is 2. The first-order valence-corrected chi connectivity index (χ1v) is 11.1. The molecular formula is C24H23N3O5S. The van der Waals surface area contributed by atoms with Crippen LogP contribution in [0.4, 0.5) is 5.13 Å². The number of ketones is 1. The highest BCUT2D eigenvalue weighted by atomic mass is 32.1. The van der Waals surface area contributed by atoms with Gasteiger partial charge in [0.15, 0.2) is 0 Å². The molecule has 2 heterocycles. The van der Waals surface area contributed by atoms with Gasteiger partial charge in [-0.3, -0.25) is 14.5 Å². The quantitative estimate of drug-likeness (QED) is 0.329. The summed E-state index contributed by atoms with van der Waals surface area (Å²) in [6.07, 6.45) is 0.000190. The van der Waals surface area contributed by atoms with Crippen LogP contribution in [-0.4, -0.2) is 40.2 Å². The van der Waals surface area contributed by atoms with Crippen LogP contribution in [0.15, 0.2) is 54.1 Å². The third kappa shape index (κ3) is 4.31. The first kappa shape index (κ1) is 22.5. The first-order valence-electron chi connectivity index (χ1n) is 10.3. The van der Waals surface area contributed by atoms with Gasteiger partial charge in [0.2, 0.25) is 5.13 Å². The van der Waals surface area contributed by atoms with Crippen molar-refractivity contribution in [2.24, 2.45) is 0 Å². The number of nitrogens with zero attached hydrogens (tertiary/aromatic N) is 3. The van der Waals surface area contributed by atoms with E-state index >= 15 is 0 Å². The minimum atomic E-state index is -0.866. The van der Waals surface area contributed by atoms with Crippen molar-refractivity contribution in [1.82, 2.24) is 10.2 Å². The highest BCUT2D eigenvalue weighted by Gasteiger charge is 2.48. The summed E-state index contributed by atoms with van der Waals surface area (Å²) in [6.45, 7) is 5.60. The topological polar surface area (TPSA) is 102 Å². The average molecular weight is 466 g/mol. The van der Waals surface area contributed by atoms with Gasteiger partial charge in [0, 0.05) is 5.56 Å². The van der Waals surface area contributed by atoms with Gasteiger partial charge in [0.1, 0.15) is 22.3 Å². The largest absolute Gasteiger partial charge is 0.507 e. The van der Waals surface area contributed by atoms with Gasteiger partial charge >= 0.3 is 5.91 Å². The van der Waals surface area contributed by atoms with Gasteiger partial charge in [-0.25, -0.2) is 0 Å². The highest BCUT2D eigenvalue weighted by molar-refractivity contribution is 7.15. The van der Waals surface area contributed by atoms with Gasteiger partial charge in [-0.15, -0.1) is 10.2 Å². The number of carbonyl (C=O) groups is 2. The van der Waals surface area contributed by atoms with Crippen molar-refractivity contribution in [2.75, 3.05) is 12.0 Å². The number of methoxy groups -OCH3 is 1. The summed E-state index contributed by atoms with van der Waals surface area (Å²) in [5.41, 5.74) is 1.01. The summed E-state index contributed by atoms with van der Waals surface area (Å²) in [7, 11) is 1.55. The maximum Gasteiger partial charge on any atom is 0.301 e. The SMILES string of the molecule is COc1ccc([C@H]2/C(=C(\O)c3ccc(OC(C)C)cc3)C(=O)C(=O)N2c2nnc(C)s2)cc1. The van der Waals surface area contributed by atoms with E-state index in [0.29, 0.717) is 27.6 Å². The molecule has 1 aromatic heterocycles. The van der Waals surface area contributed by atoms with Gasteiger partial charge in [0.05, 0.1) is 24.8 Å². The lowest BCUT2D eigenvalue weighted by atomic mass is 9.95. The fraction of sp³-hybridized carbons (Fsp3) is 0.250. The normalized spacial score (nSPS) is 17.6. The Kier molecular flexibility index (Phi) is 6.15. The number of aryl methyl sites for hydroxylation is 1. The van der Waals surface area contributed by atoms with Crippen molar-refractivity contribution >= 4 is 33.9 Å². The van der Waals surface area contributed by atoms with E-state index in [-0.39, 0.29) is 22.6 Å². The molecule has 170 valence electrons. The van der Waals surface area contributed by atoms with Crippen molar-refractivity contribution in [2.45, 2.75) is 32.9 Å². The van der Waals surface area contributed by atoms with Crippen molar-refractivity contribution in [3.05, 3.63) is 70.2 Å². The molecule has 0 spiro atoms. The van der Waals surface area contributed by atoms with Crippen LogP contribution in [0, 0.1) is 6.92 Å². The summed E-state index contributed by atoms with van der Waals surface area (Å²) in [5, 5.41) is 20.2. The Hall–Kier alpha value is -3.72. The van der Waals surface area contributed by atoms with Crippen LogP contribution in [0.1, 0.15) is 36.0 Å². The molecule has 0 radical (unpaired) electrons. The molecule has 0 saturated carbocycles. The summed E-state index contributed by atoms with van der Waals surface area (Å²) in [4.78, 5) is 27.5. The molecule has 0 aliphatic carbocycles. The van der Waals surface area contributed by atoms with E-state index in [0.717, 1.165) is 0 Å². The van der Waals surface area contributed by atoms with Crippen LogP contribution in [0.2, 0.25) is 0 Å². The molecule has 1 N–H and O–H groups in total. The number of amides is 1. The second kappa shape index (κ2) is 9.03. The lowest BCUT2D eigenvalue weighted by molar-refractivity contribution is -0.132. The van der Waals surface area contributed by atoms with Crippen LogP contribution in [0.25, 0.3) is 5.76 Å². The van der Waals surface area contributed by atoms with Crippen LogP contribution in [-0.2, 0) is 9.59 Å². The molecule has 4 rings (SSSR count). The second-order valence-corrected chi connectivity index (χ2v) is 8.90. The number of ether oxygens (including phenoxy) is 2. The van der Waals surface area contributed by atoms with Crippen molar-refractivity contribution in [3.8, 4) is 11.5 Å². The number of hydrogen-bond donors (Lipinski definition) is 1. The maximum absolute atomic E-state index is 13.1. The first-order chi connectivity index (χ1) is 15.8. The fourth-order valence-corrected chi connectivity index (χ4v) is 4.35. The predicted octanol–water partition coefficient (Wildman–Crippen LogP) is 4.27. The Balaban J connectivity index is 1.84. The third-order valence-corrected chi connectivity index (χ3v) is 5.93. The Labute approximate surface area is 195 Å². The van der Waals surface area contributed by atoms with Crippen molar-refractivity contribution in [1.29, 1.82) is 0 Å². The molecule has 2 aromatic carbocycles. The summed E-state index contributed by atoms with van der Waals surface area (Å²) in [5.74, 6) is -0.563. The zero-order valence-corrected chi connectivity index (χ0v) is 19.4. The highest BCUT2D eigenvalue weighted by Crippen LogP contribution is 2.43. The zero-order chi connectivity index (χ0) is 23.7. The fourth-order valence-electron chi connectivity index (χ4n) is 3.63. The average Bonchev–Trinajstić information content (AvgIpc) is 3.34. The molecular weight excluding hydrogens is 442 g/mol. The molecule has 8 nitrogen and oxygen atoms in total. The van der Waals surface area contributed by atoms with Gasteiger partial charge in [0.25, 0.3) is 5.78 Å². The Bertz CT molecular complexity index is 1220. The van der Waals surface area contributed by atoms with Crippen LogP contribution in [0.5, 0.6) is 11.5 Å². The van der Waals surface area contributed by atoms with Crippen molar-refractivity contribution < 1.29 is 24.2 Å². The van der Waals surface area contributed by atoms with Crippen LogP contribution in [0.3, 0.4) is 0 Å². The van der Waals surface area contributed by atoms with E-state index in [1.165, 1.54) is 16.2 Å². The van der Waals surface area contributed by atoms with E-state index in [1.54, 1.807) is 62.6 Å². The summed E-state index contributed by atoms with van der Waals surface area (Å²) < 4.78 is 10.9. The number of rotatable bonds is 6. The number of aliphatic hydroxyl groups excluding tert-OH is 1. The summed E-state index contributed by atoms with van der Waals surface area (Å²) in [6, 6.07) is 12.8. The molecule has 1 aliphatic rings. The molecule has 1 atom stereocenters. The molecule has 3 aromatic rings. The van der Waals surface area contributed by atoms with Gasteiger partial charge in [-0.2, -0.15) is 0 Å². The Morgan fingerprint density at radius 3 is 2.21 bits per heavy atom. The smallest absolute Gasteiger partial charge is 0.301 e. The summed E-state index contributed by atoms with van der Waals surface area (Å²) >= 11 is 1.20. The molecule has 0 unspecified atom stereocenters. The number of hydrogen-bond acceptors (Lipinski definition) is 8. The molecule has 1 fully saturated rings. The standard InChI is InChI=1S/C24H23N3O5S/c1-13(2)32-18-11-7-16(8-12-18)21(28)19-20(15-5-9-17(31-4)10-6-15)27(23(30)22(19)29)24-26-25-14(3)33-24/h5-13,20,28H,1-4H3/b21-19+/t20-/m0/s1.